The van der Waals surface area contributed by atoms with Crippen molar-refractivity contribution in [3.05, 3.63) is 51.6 Å². The van der Waals surface area contributed by atoms with E-state index < -0.39 is 0 Å². The third kappa shape index (κ3) is 4.64. The van der Waals surface area contributed by atoms with Gasteiger partial charge < -0.3 is 4.90 Å². The van der Waals surface area contributed by atoms with Gasteiger partial charge in [-0.05, 0) is 48.4 Å². The van der Waals surface area contributed by atoms with Crippen LogP contribution in [-0.4, -0.2) is 28.3 Å². The van der Waals surface area contributed by atoms with E-state index in [-0.39, 0.29) is 17.2 Å². The van der Waals surface area contributed by atoms with E-state index in [4.69, 9.17) is 0 Å². The third-order valence-electron chi connectivity index (χ3n) is 4.55. The molecule has 3 rings (SSSR count). The quantitative estimate of drug-likeness (QED) is 0.419. The lowest BCUT2D eigenvalue weighted by molar-refractivity contribution is -0.115. The molecule has 0 aliphatic heterocycles. The van der Waals surface area contributed by atoms with Gasteiger partial charge in [0.25, 0.3) is 5.56 Å². The molecule has 0 aliphatic carbocycles. The Hall–Kier alpha value is -2.12. The molecule has 0 N–H and O–H groups in total. The number of carbonyl (C=O) groups is 1. The van der Waals surface area contributed by atoms with Gasteiger partial charge in [0.05, 0.1) is 11.3 Å². The lowest BCUT2D eigenvalue weighted by Gasteiger charge is -2.18. The first-order valence-corrected chi connectivity index (χ1v) is 11.2. The van der Waals surface area contributed by atoms with Crippen molar-refractivity contribution in [2.75, 3.05) is 17.7 Å². The minimum atomic E-state index is -0.0225. The van der Waals surface area contributed by atoms with Crippen LogP contribution in [0.5, 0.6) is 0 Å². The average Bonchev–Trinajstić information content (AvgIpc) is 3.13. The number of benzene rings is 1. The van der Waals surface area contributed by atoms with Crippen molar-refractivity contribution in [2.24, 2.45) is 5.92 Å². The second kappa shape index (κ2) is 8.92. The van der Waals surface area contributed by atoms with Gasteiger partial charge in [-0.15, -0.1) is 11.3 Å². The number of aryl methyl sites for hydroxylation is 1. The molecule has 5 nitrogen and oxygen atoms in total. The highest BCUT2D eigenvalue weighted by atomic mass is 32.2. The minimum Gasteiger partial charge on any atom is -0.315 e. The maximum Gasteiger partial charge on any atom is 0.272 e. The Bertz CT molecular complexity index is 1040. The van der Waals surface area contributed by atoms with Crippen molar-refractivity contribution in [3.8, 4) is 0 Å². The first-order chi connectivity index (χ1) is 13.4. The van der Waals surface area contributed by atoms with Gasteiger partial charge in [0, 0.05) is 19.3 Å². The number of fused-ring (bicyclic) bond motifs is 1. The fourth-order valence-corrected chi connectivity index (χ4v) is 4.54. The molecule has 0 fully saturated rings. The first kappa shape index (κ1) is 20.6. The Morgan fingerprint density at radius 3 is 2.82 bits per heavy atom. The number of nitrogens with zero attached hydrogens (tertiary/aromatic N) is 3. The molecule has 0 saturated carbocycles. The van der Waals surface area contributed by atoms with Gasteiger partial charge in [-0.1, -0.05) is 37.7 Å². The summed E-state index contributed by atoms with van der Waals surface area (Å²) in [5, 5.41) is 2.50. The van der Waals surface area contributed by atoms with Crippen LogP contribution in [0.25, 0.3) is 10.2 Å². The summed E-state index contributed by atoms with van der Waals surface area (Å²) in [5.41, 5.74) is 2.67. The normalized spacial score (nSPS) is 11.3. The molecule has 7 heteroatoms. The molecular weight excluding hydrogens is 390 g/mol. The SMILES string of the molecule is Cc1cccc(N(C)C(=O)CSc2nc3ccsc3c(=O)n2CCC(C)C)c1. The van der Waals surface area contributed by atoms with E-state index in [0.29, 0.717) is 27.8 Å². The van der Waals surface area contributed by atoms with Crippen molar-refractivity contribution < 1.29 is 4.79 Å². The molecule has 0 atom stereocenters. The molecule has 1 amide bonds. The van der Waals surface area contributed by atoms with Gasteiger partial charge in [-0.2, -0.15) is 0 Å². The van der Waals surface area contributed by atoms with Gasteiger partial charge in [0.1, 0.15) is 4.70 Å². The Morgan fingerprint density at radius 2 is 2.11 bits per heavy atom. The van der Waals surface area contributed by atoms with Gasteiger partial charge in [0.15, 0.2) is 5.16 Å². The van der Waals surface area contributed by atoms with Crippen LogP contribution in [0.1, 0.15) is 25.8 Å². The molecule has 0 bridgehead atoms. The van der Waals surface area contributed by atoms with Gasteiger partial charge in [-0.3, -0.25) is 14.2 Å². The maximum atomic E-state index is 12.9. The average molecular weight is 416 g/mol. The van der Waals surface area contributed by atoms with E-state index in [1.807, 2.05) is 42.6 Å². The molecule has 0 aliphatic rings. The predicted molar refractivity (Wildman–Crippen MR) is 119 cm³/mol. The topological polar surface area (TPSA) is 55.2 Å². The standard InChI is InChI=1S/C21H25N3O2S2/c1-14(2)8-10-24-20(26)19-17(9-11-27-19)22-21(24)28-13-18(25)23(4)16-7-5-6-15(3)12-16/h5-7,9,11-12,14H,8,10,13H2,1-4H3. The van der Waals surface area contributed by atoms with Crippen LogP contribution < -0.4 is 10.5 Å². The van der Waals surface area contributed by atoms with Crippen LogP contribution in [0.15, 0.2) is 45.7 Å². The van der Waals surface area contributed by atoms with Crippen LogP contribution in [0.4, 0.5) is 5.69 Å². The Kier molecular flexibility index (Phi) is 6.57. The highest BCUT2D eigenvalue weighted by molar-refractivity contribution is 7.99. The Labute approximate surface area is 173 Å². The zero-order valence-electron chi connectivity index (χ0n) is 16.6. The lowest BCUT2D eigenvalue weighted by Crippen LogP contribution is -2.29. The summed E-state index contributed by atoms with van der Waals surface area (Å²) in [4.78, 5) is 31.9. The second-order valence-corrected chi connectivity index (χ2v) is 9.11. The van der Waals surface area contributed by atoms with Crippen LogP contribution >= 0.6 is 23.1 Å². The molecule has 0 unspecified atom stereocenters. The summed E-state index contributed by atoms with van der Waals surface area (Å²) in [6, 6.07) is 9.71. The predicted octanol–water partition coefficient (Wildman–Crippen LogP) is 4.57. The van der Waals surface area contributed by atoms with Gasteiger partial charge in [0.2, 0.25) is 5.91 Å². The molecule has 0 radical (unpaired) electrons. The van der Waals surface area contributed by atoms with Crippen molar-refractivity contribution in [3.63, 3.8) is 0 Å². The monoisotopic (exact) mass is 415 g/mol. The summed E-state index contributed by atoms with van der Waals surface area (Å²) in [6.07, 6.45) is 0.892. The van der Waals surface area contributed by atoms with Crippen molar-refractivity contribution in [1.82, 2.24) is 9.55 Å². The molecule has 0 spiro atoms. The molecular formula is C21H25N3O2S2. The summed E-state index contributed by atoms with van der Waals surface area (Å²) in [6.45, 7) is 6.89. The number of rotatable bonds is 7. The van der Waals surface area contributed by atoms with Crippen molar-refractivity contribution in [2.45, 2.75) is 38.9 Å². The van der Waals surface area contributed by atoms with E-state index >= 15 is 0 Å². The number of anilines is 1. The summed E-state index contributed by atoms with van der Waals surface area (Å²) >= 11 is 2.75. The number of carbonyl (C=O) groups excluding carboxylic acids is 1. The molecule has 1 aromatic carbocycles. The van der Waals surface area contributed by atoms with E-state index in [1.165, 1.54) is 23.1 Å². The Balaban J connectivity index is 1.81. The maximum absolute atomic E-state index is 12.9. The molecule has 148 valence electrons. The van der Waals surface area contributed by atoms with Crippen LogP contribution in [0.3, 0.4) is 0 Å². The molecule has 2 aromatic heterocycles. The fraction of sp³-hybridized carbons (Fsp3) is 0.381. The fourth-order valence-electron chi connectivity index (χ4n) is 2.82. The number of thiophene rings is 1. The molecule has 2 heterocycles. The highest BCUT2D eigenvalue weighted by Crippen LogP contribution is 2.23. The van der Waals surface area contributed by atoms with Crippen LogP contribution in [-0.2, 0) is 11.3 Å². The van der Waals surface area contributed by atoms with E-state index in [1.54, 1.807) is 16.5 Å². The minimum absolute atomic E-state index is 0.0114. The zero-order valence-corrected chi connectivity index (χ0v) is 18.3. The van der Waals surface area contributed by atoms with E-state index in [0.717, 1.165) is 17.7 Å². The molecule has 28 heavy (non-hydrogen) atoms. The molecule has 3 aromatic rings. The van der Waals surface area contributed by atoms with Crippen molar-refractivity contribution in [1.29, 1.82) is 0 Å². The third-order valence-corrected chi connectivity index (χ3v) is 6.40. The van der Waals surface area contributed by atoms with Crippen LogP contribution in [0.2, 0.25) is 0 Å². The van der Waals surface area contributed by atoms with E-state index in [9.17, 15) is 9.59 Å². The molecule has 0 saturated heterocycles. The summed E-state index contributed by atoms with van der Waals surface area (Å²) in [7, 11) is 1.78. The zero-order chi connectivity index (χ0) is 20.3. The second-order valence-electron chi connectivity index (χ2n) is 7.25. The van der Waals surface area contributed by atoms with Gasteiger partial charge >= 0.3 is 0 Å². The number of aromatic nitrogens is 2. The van der Waals surface area contributed by atoms with E-state index in [2.05, 4.69) is 18.8 Å². The smallest absolute Gasteiger partial charge is 0.272 e. The number of hydrogen-bond acceptors (Lipinski definition) is 5. The largest absolute Gasteiger partial charge is 0.315 e. The summed E-state index contributed by atoms with van der Waals surface area (Å²) in [5.74, 6) is 0.692. The number of amides is 1. The summed E-state index contributed by atoms with van der Waals surface area (Å²) < 4.78 is 2.40. The van der Waals surface area contributed by atoms with Crippen LogP contribution in [0, 0.1) is 12.8 Å². The number of hydrogen-bond donors (Lipinski definition) is 0. The number of thioether (sulfide) groups is 1. The first-order valence-electron chi connectivity index (χ1n) is 9.31. The van der Waals surface area contributed by atoms with Gasteiger partial charge in [-0.25, -0.2) is 4.98 Å². The Morgan fingerprint density at radius 1 is 1.32 bits per heavy atom. The lowest BCUT2D eigenvalue weighted by atomic mass is 10.1. The van der Waals surface area contributed by atoms with Crippen molar-refractivity contribution >= 4 is 44.9 Å². The highest BCUT2D eigenvalue weighted by Gasteiger charge is 2.17.